The SMILES string of the molecule is CCCCCOc1ccc(C2/C(=C(\O)c3ccc4c(c3)OCCO4)C(=O)C(=O)N2c2nc3ccc(Cl)cc3s2)cc1OC. The standard InChI is InChI=1S/C32H29ClN2O7S/c1-3-4-5-12-40-22-10-6-18(15-24(22)39-2)28-27(29(36)19-7-11-23-25(16-19)42-14-13-41-23)30(37)31(38)35(28)32-34-21-9-8-20(33)17-26(21)43-32/h6-11,15-17,28,36H,3-5,12-14H2,1-2H3/b29-27+. The Morgan fingerprint density at radius 1 is 1.05 bits per heavy atom. The summed E-state index contributed by atoms with van der Waals surface area (Å²) in [5.41, 5.74) is 1.39. The largest absolute Gasteiger partial charge is 0.507 e. The van der Waals surface area contributed by atoms with Crippen LogP contribution < -0.4 is 23.8 Å². The van der Waals surface area contributed by atoms with Crippen molar-refractivity contribution >= 4 is 55.7 Å². The lowest BCUT2D eigenvalue weighted by Crippen LogP contribution is -2.29. The molecule has 1 unspecified atom stereocenters. The van der Waals surface area contributed by atoms with Crippen molar-refractivity contribution < 1.29 is 33.6 Å². The number of halogens is 1. The van der Waals surface area contributed by atoms with Crippen LogP contribution in [0.4, 0.5) is 5.13 Å². The van der Waals surface area contributed by atoms with E-state index in [0.717, 1.165) is 24.0 Å². The Labute approximate surface area is 257 Å². The molecule has 1 amide bonds. The number of anilines is 1. The monoisotopic (exact) mass is 620 g/mol. The summed E-state index contributed by atoms with van der Waals surface area (Å²) in [5, 5.41) is 12.4. The highest BCUT2D eigenvalue weighted by Crippen LogP contribution is 2.46. The van der Waals surface area contributed by atoms with Crippen molar-refractivity contribution in [2.24, 2.45) is 0 Å². The van der Waals surface area contributed by atoms with Gasteiger partial charge in [-0.1, -0.05) is 48.8 Å². The van der Waals surface area contributed by atoms with Crippen LogP contribution in [0.3, 0.4) is 0 Å². The van der Waals surface area contributed by atoms with Crippen molar-refractivity contribution in [3.05, 3.63) is 76.3 Å². The minimum atomic E-state index is -1.01. The maximum atomic E-state index is 13.7. The first-order valence-corrected chi connectivity index (χ1v) is 15.2. The van der Waals surface area contributed by atoms with E-state index in [-0.39, 0.29) is 11.3 Å². The summed E-state index contributed by atoms with van der Waals surface area (Å²) >= 11 is 7.44. The number of carbonyl (C=O) groups excluding carboxylic acids is 2. The van der Waals surface area contributed by atoms with Crippen molar-refractivity contribution in [2.45, 2.75) is 32.2 Å². The van der Waals surface area contributed by atoms with Crippen LogP contribution in [0.1, 0.15) is 43.4 Å². The van der Waals surface area contributed by atoms with Gasteiger partial charge in [0.15, 0.2) is 28.1 Å². The van der Waals surface area contributed by atoms with Gasteiger partial charge in [-0.25, -0.2) is 4.98 Å². The van der Waals surface area contributed by atoms with Gasteiger partial charge >= 0.3 is 5.91 Å². The fourth-order valence-corrected chi connectivity index (χ4v) is 6.46. The fourth-order valence-electron chi connectivity index (χ4n) is 5.19. The Morgan fingerprint density at radius 3 is 2.65 bits per heavy atom. The van der Waals surface area contributed by atoms with Crippen molar-refractivity contribution in [1.29, 1.82) is 0 Å². The first kappa shape index (κ1) is 28.8. The number of unbranched alkanes of at least 4 members (excludes halogenated alkanes) is 2. The number of amides is 1. The average molecular weight is 621 g/mol. The van der Waals surface area contributed by atoms with E-state index >= 15 is 0 Å². The number of aliphatic hydroxyl groups is 1. The third-order valence-corrected chi connectivity index (χ3v) is 8.57. The normalized spacial score (nSPS) is 17.5. The van der Waals surface area contributed by atoms with E-state index in [9.17, 15) is 14.7 Å². The van der Waals surface area contributed by atoms with Crippen LogP contribution in [0.5, 0.6) is 23.0 Å². The number of carbonyl (C=O) groups is 2. The lowest BCUT2D eigenvalue weighted by Gasteiger charge is -2.24. The number of rotatable bonds is 9. The molecule has 2 aliphatic heterocycles. The smallest absolute Gasteiger partial charge is 0.301 e. The number of ether oxygens (including phenoxy) is 4. The van der Waals surface area contributed by atoms with E-state index in [0.29, 0.717) is 69.6 Å². The number of aliphatic hydroxyl groups excluding tert-OH is 1. The predicted molar refractivity (Wildman–Crippen MR) is 165 cm³/mol. The summed E-state index contributed by atoms with van der Waals surface area (Å²) < 4.78 is 23.7. The van der Waals surface area contributed by atoms with Crippen LogP contribution in [0.2, 0.25) is 5.02 Å². The van der Waals surface area contributed by atoms with Gasteiger partial charge in [-0.2, -0.15) is 0 Å². The number of thiazole rings is 1. The zero-order chi connectivity index (χ0) is 30.1. The molecule has 222 valence electrons. The van der Waals surface area contributed by atoms with Crippen LogP contribution in [-0.4, -0.2) is 48.7 Å². The molecule has 0 spiro atoms. The Bertz CT molecular complexity index is 1750. The number of aromatic nitrogens is 1. The van der Waals surface area contributed by atoms with Gasteiger partial charge in [0.25, 0.3) is 5.78 Å². The molecule has 0 radical (unpaired) electrons. The molecule has 1 aromatic heterocycles. The summed E-state index contributed by atoms with van der Waals surface area (Å²) in [4.78, 5) is 33.4. The number of fused-ring (bicyclic) bond motifs is 2. The van der Waals surface area contributed by atoms with Gasteiger partial charge in [-0.3, -0.25) is 14.5 Å². The van der Waals surface area contributed by atoms with E-state index in [1.807, 2.05) is 0 Å². The molecule has 43 heavy (non-hydrogen) atoms. The second kappa shape index (κ2) is 12.1. The van der Waals surface area contributed by atoms with Crippen LogP contribution in [-0.2, 0) is 9.59 Å². The van der Waals surface area contributed by atoms with Crippen LogP contribution in [0.25, 0.3) is 16.0 Å². The molecule has 0 saturated carbocycles. The van der Waals surface area contributed by atoms with Crippen LogP contribution in [0.15, 0.2) is 60.2 Å². The van der Waals surface area contributed by atoms with Gasteiger partial charge in [0.1, 0.15) is 19.0 Å². The predicted octanol–water partition coefficient (Wildman–Crippen LogP) is 6.92. The van der Waals surface area contributed by atoms with E-state index < -0.39 is 17.7 Å². The summed E-state index contributed by atoms with van der Waals surface area (Å²) in [6.45, 7) is 3.42. The topological polar surface area (TPSA) is 107 Å². The Hall–Kier alpha value is -4.28. The molecular weight excluding hydrogens is 592 g/mol. The second-order valence-corrected chi connectivity index (χ2v) is 11.5. The van der Waals surface area contributed by atoms with E-state index in [1.54, 1.807) is 54.6 Å². The third-order valence-electron chi connectivity index (χ3n) is 7.31. The summed E-state index contributed by atoms with van der Waals surface area (Å²) in [7, 11) is 1.53. The van der Waals surface area contributed by atoms with Crippen molar-refractivity contribution in [3.63, 3.8) is 0 Å². The first-order chi connectivity index (χ1) is 20.9. The molecule has 1 atom stereocenters. The van der Waals surface area contributed by atoms with Gasteiger partial charge in [0, 0.05) is 10.6 Å². The zero-order valence-electron chi connectivity index (χ0n) is 23.6. The molecule has 11 heteroatoms. The number of nitrogens with zero attached hydrogens (tertiary/aromatic N) is 2. The fraction of sp³-hybridized carbons (Fsp3) is 0.281. The minimum absolute atomic E-state index is 0.0855. The summed E-state index contributed by atoms with van der Waals surface area (Å²) in [6.07, 6.45) is 3.01. The Morgan fingerprint density at radius 2 is 1.86 bits per heavy atom. The first-order valence-electron chi connectivity index (χ1n) is 14.0. The Kier molecular flexibility index (Phi) is 8.14. The molecular formula is C32H29ClN2O7S. The average Bonchev–Trinajstić information content (AvgIpc) is 3.55. The number of Topliss-reactive ketones (excluding diaryl/α,β-unsaturated/α-hetero) is 1. The molecule has 1 saturated heterocycles. The maximum Gasteiger partial charge on any atom is 0.301 e. The molecule has 1 N–H and O–H groups in total. The molecule has 3 heterocycles. The highest BCUT2D eigenvalue weighted by atomic mass is 35.5. The van der Waals surface area contributed by atoms with Crippen LogP contribution >= 0.6 is 22.9 Å². The molecule has 4 aromatic rings. The van der Waals surface area contributed by atoms with Gasteiger partial charge in [0.2, 0.25) is 0 Å². The minimum Gasteiger partial charge on any atom is -0.507 e. The van der Waals surface area contributed by atoms with Gasteiger partial charge in [-0.05, 0) is 60.5 Å². The summed E-state index contributed by atoms with van der Waals surface area (Å²) in [6, 6.07) is 14.4. The van der Waals surface area contributed by atoms with E-state index in [1.165, 1.54) is 23.3 Å². The van der Waals surface area contributed by atoms with Crippen molar-refractivity contribution in [1.82, 2.24) is 4.98 Å². The lowest BCUT2D eigenvalue weighted by molar-refractivity contribution is -0.132. The third kappa shape index (κ3) is 5.48. The van der Waals surface area contributed by atoms with E-state index in [4.69, 9.17) is 30.5 Å². The number of hydrogen-bond donors (Lipinski definition) is 1. The van der Waals surface area contributed by atoms with Gasteiger partial charge in [-0.15, -0.1) is 0 Å². The van der Waals surface area contributed by atoms with Gasteiger partial charge in [0.05, 0.1) is 35.5 Å². The summed E-state index contributed by atoms with van der Waals surface area (Å²) in [5.74, 6) is -0.0363. The zero-order valence-corrected chi connectivity index (χ0v) is 25.2. The van der Waals surface area contributed by atoms with Crippen molar-refractivity contribution in [3.8, 4) is 23.0 Å². The van der Waals surface area contributed by atoms with Crippen molar-refractivity contribution in [2.75, 3.05) is 31.8 Å². The Balaban J connectivity index is 1.48. The molecule has 9 nitrogen and oxygen atoms in total. The van der Waals surface area contributed by atoms with Gasteiger partial charge < -0.3 is 24.1 Å². The van der Waals surface area contributed by atoms with Crippen LogP contribution in [0, 0.1) is 0 Å². The second-order valence-electron chi connectivity index (χ2n) is 10.1. The highest BCUT2D eigenvalue weighted by molar-refractivity contribution is 7.22. The van der Waals surface area contributed by atoms with E-state index in [2.05, 4.69) is 11.9 Å². The number of ketones is 1. The quantitative estimate of drug-likeness (QED) is 0.0929. The highest BCUT2D eigenvalue weighted by Gasteiger charge is 2.48. The molecule has 0 bridgehead atoms. The molecule has 1 fully saturated rings. The molecule has 0 aliphatic carbocycles. The number of methoxy groups -OCH3 is 1. The maximum absolute atomic E-state index is 13.7. The molecule has 2 aliphatic rings. The number of benzene rings is 3. The lowest BCUT2D eigenvalue weighted by atomic mass is 9.95. The molecule has 3 aromatic carbocycles. The number of hydrogen-bond acceptors (Lipinski definition) is 9. The molecule has 6 rings (SSSR count).